The molecule has 2 saturated heterocycles. The lowest BCUT2D eigenvalue weighted by Crippen LogP contribution is -2.55. The molecule has 2 heterocycles. The van der Waals surface area contributed by atoms with Gasteiger partial charge in [-0.25, -0.2) is 0 Å². The average Bonchev–Trinajstić information content (AvgIpc) is 2.36. The van der Waals surface area contributed by atoms with Crippen LogP contribution < -0.4 is 5.73 Å². The minimum Gasteiger partial charge on any atom is -0.374 e. The van der Waals surface area contributed by atoms with Crippen LogP contribution in [-0.4, -0.2) is 66.7 Å². The maximum absolute atomic E-state index is 12.0. The van der Waals surface area contributed by atoms with E-state index in [2.05, 4.69) is 25.7 Å². The fourth-order valence-corrected chi connectivity index (χ4v) is 2.84. The van der Waals surface area contributed by atoms with Gasteiger partial charge in [-0.1, -0.05) is 6.92 Å². The minimum absolute atomic E-state index is 0.0995. The minimum atomic E-state index is 0.0995. The standard InChI is InChI=1S/C14H27N3O2/c1-10(2)16-4-5-19-12(7-16)8-17-9-13(15)11(3)6-14(17)18/h10-13H,4-9,15H2,1-3H3. The molecule has 0 saturated carbocycles. The fourth-order valence-electron chi connectivity index (χ4n) is 2.84. The number of rotatable bonds is 3. The molecule has 2 aliphatic rings. The summed E-state index contributed by atoms with van der Waals surface area (Å²) in [4.78, 5) is 16.3. The van der Waals surface area contributed by atoms with E-state index < -0.39 is 0 Å². The number of likely N-dealkylation sites (tertiary alicyclic amines) is 1. The van der Waals surface area contributed by atoms with E-state index in [-0.39, 0.29) is 18.1 Å². The van der Waals surface area contributed by atoms with Gasteiger partial charge in [0.15, 0.2) is 0 Å². The number of carbonyl (C=O) groups is 1. The van der Waals surface area contributed by atoms with Gasteiger partial charge in [0.1, 0.15) is 0 Å². The predicted octanol–water partition coefficient (Wildman–Crippen LogP) is 0.291. The molecule has 2 aliphatic heterocycles. The molecule has 0 aromatic rings. The number of amides is 1. The molecule has 0 aliphatic carbocycles. The molecule has 2 N–H and O–H groups in total. The van der Waals surface area contributed by atoms with Gasteiger partial charge in [-0.2, -0.15) is 0 Å². The summed E-state index contributed by atoms with van der Waals surface area (Å²) < 4.78 is 5.80. The van der Waals surface area contributed by atoms with Crippen LogP contribution in [0.25, 0.3) is 0 Å². The highest BCUT2D eigenvalue weighted by molar-refractivity contribution is 5.77. The topological polar surface area (TPSA) is 58.8 Å². The zero-order chi connectivity index (χ0) is 14.0. The summed E-state index contributed by atoms with van der Waals surface area (Å²) in [5, 5.41) is 0. The molecule has 0 bridgehead atoms. The van der Waals surface area contributed by atoms with Crippen molar-refractivity contribution in [3.63, 3.8) is 0 Å². The van der Waals surface area contributed by atoms with Crippen LogP contribution in [0.3, 0.4) is 0 Å². The zero-order valence-corrected chi connectivity index (χ0v) is 12.3. The van der Waals surface area contributed by atoms with E-state index in [1.807, 2.05) is 4.90 Å². The van der Waals surface area contributed by atoms with Crippen molar-refractivity contribution in [3.8, 4) is 0 Å². The van der Waals surface area contributed by atoms with Crippen molar-refractivity contribution in [3.05, 3.63) is 0 Å². The number of carbonyl (C=O) groups excluding carboxylic acids is 1. The Bertz CT molecular complexity index is 322. The second-order valence-electron chi connectivity index (χ2n) is 6.23. The van der Waals surface area contributed by atoms with E-state index in [4.69, 9.17) is 10.5 Å². The summed E-state index contributed by atoms with van der Waals surface area (Å²) in [5.74, 6) is 0.516. The smallest absolute Gasteiger partial charge is 0.223 e. The molecule has 110 valence electrons. The number of morpholine rings is 1. The molecule has 0 spiro atoms. The van der Waals surface area contributed by atoms with Crippen LogP contribution in [-0.2, 0) is 9.53 Å². The third-order valence-electron chi connectivity index (χ3n) is 4.34. The number of piperidine rings is 1. The van der Waals surface area contributed by atoms with Gasteiger partial charge in [-0.05, 0) is 19.8 Å². The number of nitrogens with zero attached hydrogens (tertiary/aromatic N) is 2. The Hall–Kier alpha value is -0.650. The molecule has 3 unspecified atom stereocenters. The fraction of sp³-hybridized carbons (Fsp3) is 0.929. The van der Waals surface area contributed by atoms with Crippen LogP contribution in [0.4, 0.5) is 0 Å². The lowest BCUT2D eigenvalue weighted by molar-refractivity contribution is -0.139. The molecule has 1 amide bonds. The second-order valence-corrected chi connectivity index (χ2v) is 6.23. The Kier molecular flexibility index (Phi) is 4.81. The van der Waals surface area contributed by atoms with Crippen LogP contribution in [0.15, 0.2) is 0 Å². The van der Waals surface area contributed by atoms with E-state index in [9.17, 15) is 4.79 Å². The Labute approximate surface area is 116 Å². The van der Waals surface area contributed by atoms with Gasteiger partial charge < -0.3 is 15.4 Å². The maximum atomic E-state index is 12.0. The Morgan fingerprint density at radius 3 is 2.84 bits per heavy atom. The Morgan fingerprint density at radius 1 is 1.42 bits per heavy atom. The van der Waals surface area contributed by atoms with Gasteiger partial charge in [-0.15, -0.1) is 0 Å². The average molecular weight is 269 g/mol. The van der Waals surface area contributed by atoms with Crippen molar-refractivity contribution in [1.82, 2.24) is 9.80 Å². The third kappa shape index (κ3) is 3.68. The van der Waals surface area contributed by atoms with Crippen molar-refractivity contribution in [2.24, 2.45) is 11.7 Å². The molecule has 0 aromatic carbocycles. The molecule has 0 aromatic heterocycles. The van der Waals surface area contributed by atoms with Gasteiger partial charge in [0.25, 0.3) is 0 Å². The lowest BCUT2D eigenvalue weighted by Gasteiger charge is -2.40. The number of hydrogen-bond donors (Lipinski definition) is 1. The maximum Gasteiger partial charge on any atom is 0.223 e. The summed E-state index contributed by atoms with van der Waals surface area (Å²) in [6.45, 7) is 10.5. The van der Waals surface area contributed by atoms with Gasteiger partial charge >= 0.3 is 0 Å². The third-order valence-corrected chi connectivity index (χ3v) is 4.34. The first-order valence-corrected chi connectivity index (χ1v) is 7.36. The SMILES string of the molecule is CC1CC(=O)N(CC2CN(C(C)C)CCO2)CC1N. The van der Waals surface area contributed by atoms with E-state index in [0.717, 1.165) is 19.7 Å². The van der Waals surface area contributed by atoms with Crippen molar-refractivity contribution in [2.75, 3.05) is 32.8 Å². The van der Waals surface area contributed by atoms with Gasteiger partial charge in [0.05, 0.1) is 12.7 Å². The number of nitrogens with two attached hydrogens (primary N) is 1. The number of ether oxygens (including phenoxy) is 1. The summed E-state index contributed by atoms with van der Waals surface area (Å²) in [5.41, 5.74) is 6.07. The van der Waals surface area contributed by atoms with Crippen molar-refractivity contribution in [2.45, 2.75) is 45.4 Å². The van der Waals surface area contributed by atoms with Crippen LogP contribution in [0.1, 0.15) is 27.2 Å². The first-order chi connectivity index (χ1) is 8.97. The van der Waals surface area contributed by atoms with Crippen LogP contribution in [0, 0.1) is 5.92 Å². The normalized spacial score (nSPS) is 34.1. The first-order valence-electron chi connectivity index (χ1n) is 7.36. The van der Waals surface area contributed by atoms with Crippen molar-refractivity contribution in [1.29, 1.82) is 0 Å². The van der Waals surface area contributed by atoms with Gasteiger partial charge in [0.2, 0.25) is 5.91 Å². The van der Waals surface area contributed by atoms with Gasteiger partial charge in [0, 0.05) is 44.7 Å². The van der Waals surface area contributed by atoms with Crippen molar-refractivity contribution >= 4 is 5.91 Å². The molecule has 2 rings (SSSR count). The largest absolute Gasteiger partial charge is 0.374 e. The molecular formula is C14H27N3O2. The van der Waals surface area contributed by atoms with E-state index >= 15 is 0 Å². The molecule has 19 heavy (non-hydrogen) atoms. The molecule has 3 atom stereocenters. The lowest BCUT2D eigenvalue weighted by atomic mass is 9.93. The van der Waals surface area contributed by atoms with Gasteiger partial charge in [-0.3, -0.25) is 9.69 Å². The van der Waals surface area contributed by atoms with Crippen LogP contribution >= 0.6 is 0 Å². The van der Waals surface area contributed by atoms with E-state index in [1.165, 1.54) is 0 Å². The highest BCUT2D eigenvalue weighted by Crippen LogP contribution is 2.18. The first kappa shape index (κ1) is 14.8. The Balaban J connectivity index is 1.88. The molecule has 0 radical (unpaired) electrons. The van der Waals surface area contributed by atoms with Crippen LogP contribution in [0.5, 0.6) is 0 Å². The highest BCUT2D eigenvalue weighted by atomic mass is 16.5. The zero-order valence-electron chi connectivity index (χ0n) is 12.3. The molecule has 2 fully saturated rings. The molecular weight excluding hydrogens is 242 g/mol. The summed E-state index contributed by atoms with van der Waals surface area (Å²) in [6.07, 6.45) is 0.697. The second kappa shape index (κ2) is 6.20. The summed E-state index contributed by atoms with van der Waals surface area (Å²) in [7, 11) is 0. The number of hydrogen-bond acceptors (Lipinski definition) is 4. The van der Waals surface area contributed by atoms with E-state index in [1.54, 1.807) is 0 Å². The van der Waals surface area contributed by atoms with E-state index in [0.29, 0.717) is 31.5 Å². The molecule has 5 heteroatoms. The highest BCUT2D eigenvalue weighted by Gasteiger charge is 2.32. The quantitative estimate of drug-likeness (QED) is 0.800. The van der Waals surface area contributed by atoms with Crippen molar-refractivity contribution < 1.29 is 9.53 Å². The van der Waals surface area contributed by atoms with Crippen LogP contribution in [0.2, 0.25) is 0 Å². The summed E-state index contributed by atoms with van der Waals surface area (Å²) >= 11 is 0. The summed E-state index contributed by atoms with van der Waals surface area (Å²) in [6, 6.07) is 0.633. The Morgan fingerprint density at radius 2 is 2.16 bits per heavy atom. The molecule has 5 nitrogen and oxygen atoms in total. The predicted molar refractivity (Wildman–Crippen MR) is 74.8 cm³/mol. The monoisotopic (exact) mass is 269 g/mol.